The number of nitro benzene ring substituents is 1. The molecule has 0 aliphatic carbocycles. The van der Waals surface area contributed by atoms with Crippen molar-refractivity contribution in [3.05, 3.63) is 62.9 Å². The molecule has 0 radical (unpaired) electrons. The molecule has 1 heterocycles. The average molecular weight is 486 g/mol. The predicted octanol–water partition coefficient (Wildman–Crippen LogP) is 2.97. The molecule has 0 atom stereocenters. The molecule has 3 rings (SSSR count). The number of rotatable bonds is 7. The zero-order valence-corrected chi connectivity index (χ0v) is 18.0. The number of ether oxygens (including phenoxy) is 1. The first-order chi connectivity index (χ1) is 15.1. The predicted molar refractivity (Wildman–Crippen MR) is 111 cm³/mol. The highest BCUT2D eigenvalue weighted by Gasteiger charge is 2.30. The van der Waals surface area contributed by atoms with Crippen LogP contribution in [0, 0.1) is 15.9 Å². The molecule has 1 N–H and O–H groups in total. The Hall–Kier alpha value is -3.09. The number of nitrogens with one attached hydrogen (secondary N) is 1. The SMILES string of the molecule is O=C(COC(=O)c1ccc(Cl)c(S(=O)(=O)N2CCCC2)c1)Nc1ccc(F)c([N+](=O)[O-])c1. The van der Waals surface area contributed by atoms with E-state index < -0.39 is 44.9 Å². The lowest BCUT2D eigenvalue weighted by Gasteiger charge is -2.17. The molecule has 1 aliphatic heterocycles. The fraction of sp³-hybridized carbons (Fsp3) is 0.263. The van der Waals surface area contributed by atoms with Crippen molar-refractivity contribution in [2.45, 2.75) is 17.7 Å². The Labute approximate surface area is 187 Å². The van der Waals surface area contributed by atoms with Crippen LogP contribution in [-0.2, 0) is 19.6 Å². The van der Waals surface area contributed by atoms with E-state index in [2.05, 4.69) is 5.32 Å². The van der Waals surface area contributed by atoms with E-state index in [-0.39, 0.29) is 21.2 Å². The van der Waals surface area contributed by atoms with Crippen LogP contribution >= 0.6 is 11.6 Å². The number of nitro groups is 1. The van der Waals surface area contributed by atoms with Gasteiger partial charge in [-0.1, -0.05) is 11.6 Å². The van der Waals surface area contributed by atoms with Gasteiger partial charge in [0.15, 0.2) is 6.61 Å². The molecule has 10 nitrogen and oxygen atoms in total. The van der Waals surface area contributed by atoms with E-state index >= 15 is 0 Å². The maximum absolute atomic E-state index is 13.4. The number of sulfonamides is 1. The van der Waals surface area contributed by atoms with Gasteiger partial charge in [0.05, 0.1) is 15.5 Å². The lowest BCUT2D eigenvalue weighted by molar-refractivity contribution is -0.387. The van der Waals surface area contributed by atoms with Gasteiger partial charge < -0.3 is 10.1 Å². The average Bonchev–Trinajstić information content (AvgIpc) is 3.29. The van der Waals surface area contributed by atoms with Gasteiger partial charge in [0, 0.05) is 24.8 Å². The van der Waals surface area contributed by atoms with Gasteiger partial charge in [-0.05, 0) is 43.2 Å². The first kappa shape index (κ1) is 23.6. The van der Waals surface area contributed by atoms with Gasteiger partial charge in [-0.3, -0.25) is 14.9 Å². The van der Waals surface area contributed by atoms with Crippen molar-refractivity contribution in [3.63, 3.8) is 0 Å². The molecule has 1 amide bonds. The molecular weight excluding hydrogens is 469 g/mol. The number of hydrogen-bond acceptors (Lipinski definition) is 7. The summed E-state index contributed by atoms with van der Waals surface area (Å²) in [5.74, 6) is -2.88. The van der Waals surface area contributed by atoms with E-state index in [0.717, 1.165) is 37.1 Å². The molecule has 170 valence electrons. The monoisotopic (exact) mass is 485 g/mol. The molecule has 0 unspecified atom stereocenters. The van der Waals surface area contributed by atoms with Crippen molar-refractivity contribution in [2.75, 3.05) is 25.0 Å². The van der Waals surface area contributed by atoms with Gasteiger partial charge in [0.25, 0.3) is 5.91 Å². The molecule has 2 aromatic carbocycles. The zero-order chi connectivity index (χ0) is 23.5. The second-order valence-corrected chi connectivity index (χ2v) is 9.12. The third-order valence-corrected chi connectivity index (χ3v) is 6.99. The first-order valence-corrected chi connectivity index (χ1v) is 11.1. The fourth-order valence-electron chi connectivity index (χ4n) is 3.04. The van der Waals surface area contributed by atoms with Crippen LogP contribution in [0.2, 0.25) is 5.02 Å². The molecular formula is C19H17ClFN3O7S. The molecule has 13 heteroatoms. The van der Waals surface area contributed by atoms with Crippen LogP contribution in [0.3, 0.4) is 0 Å². The Kier molecular flexibility index (Phi) is 7.06. The summed E-state index contributed by atoms with van der Waals surface area (Å²) >= 11 is 6.03. The molecule has 1 aliphatic rings. The smallest absolute Gasteiger partial charge is 0.338 e. The summed E-state index contributed by atoms with van der Waals surface area (Å²) in [6, 6.07) is 6.34. The summed E-state index contributed by atoms with van der Waals surface area (Å²) in [4.78, 5) is 33.9. The minimum absolute atomic E-state index is 0.0518. The topological polar surface area (TPSA) is 136 Å². The first-order valence-electron chi connectivity index (χ1n) is 9.30. The zero-order valence-electron chi connectivity index (χ0n) is 16.4. The number of amides is 1. The minimum Gasteiger partial charge on any atom is -0.452 e. The third kappa shape index (κ3) is 5.21. The number of hydrogen-bond donors (Lipinski definition) is 1. The lowest BCUT2D eigenvalue weighted by Crippen LogP contribution is -2.28. The number of nitrogens with zero attached hydrogens (tertiary/aromatic N) is 2. The van der Waals surface area contributed by atoms with Crippen LogP contribution < -0.4 is 5.32 Å². The standard InChI is InChI=1S/C19H17ClFN3O7S/c20-14-5-3-12(9-17(14)32(29,30)23-7-1-2-8-23)19(26)31-11-18(25)22-13-4-6-15(21)16(10-13)24(27)28/h3-6,9-10H,1-2,7-8,11H2,(H,22,25). The molecule has 0 saturated carbocycles. The Bertz CT molecular complexity index is 1180. The van der Waals surface area contributed by atoms with Gasteiger partial charge in [-0.25, -0.2) is 13.2 Å². The second kappa shape index (κ2) is 9.59. The van der Waals surface area contributed by atoms with Gasteiger partial charge >= 0.3 is 11.7 Å². The molecule has 0 aromatic heterocycles. The van der Waals surface area contributed by atoms with Crippen molar-refractivity contribution in [1.29, 1.82) is 0 Å². The molecule has 32 heavy (non-hydrogen) atoms. The summed E-state index contributed by atoms with van der Waals surface area (Å²) in [5, 5.41) is 13.0. The van der Waals surface area contributed by atoms with E-state index in [0.29, 0.717) is 13.1 Å². The molecule has 1 fully saturated rings. The number of benzene rings is 2. The summed E-state index contributed by atoms with van der Waals surface area (Å²) in [7, 11) is -3.88. The Morgan fingerprint density at radius 1 is 1.19 bits per heavy atom. The lowest BCUT2D eigenvalue weighted by atomic mass is 10.2. The van der Waals surface area contributed by atoms with Crippen molar-refractivity contribution in [1.82, 2.24) is 4.31 Å². The van der Waals surface area contributed by atoms with Crippen molar-refractivity contribution < 1.29 is 32.1 Å². The van der Waals surface area contributed by atoms with Crippen LogP contribution in [0.1, 0.15) is 23.2 Å². The van der Waals surface area contributed by atoms with Crippen molar-refractivity contribution >= 4 is 44.9 Å². The fourth-order valence-corrected chi connectivity index (χ4v) is 5.05. The molecule has 0 spiro atoms. The Balaban J connectivity index is 1.67. The van der Waals surface area contributed by atoms with E-state index in [1.807, 2.05) is 0 Å². The van der Waals surface area contributed by atoms with Crippen molar-refractivity contribution in [3.8, 4) is 0 Å². The normalized spacial score (nSPS) is 14.2. The van der Waals surface area contributed by atoms with E-state index in [1.54, 1.807) is 0 Å². The highest BCUT2D eigenvalue weighted by molar-refractivity contribution is 7.89. The number of esters is 1. The van der Waals surface area contributed by atoms with Crippen LogP contribution in [0.15, 0.2) is 41.3 Å². The minimum atomic E-state index is -3.88. The van der Waals surface area contributed by atoms with Gasteiger partial charge in [0.2, 0.25) is 15.8 Å². The van der Waals surface area contributed by atoms with E-state index in [4.69, 9.17) is 16.3 Å². The van der Waals surface area contributed by atoms with Crippen LogP contribution in [-0.4, -0.2) is 49.2 Å². The van der Waals surface area contributed by atoms with Gasteiger partial charge in [-0.15, -0.1) is 0 Å². The Morgan fingerprint density at radius 2 is 1.88 bits per heavy atom. The van der Waals surface area contributed by atoms with Crippen LogP contribution in [0.4, 0.5) is 15.8 Å². The largest absolute Gasteiger partial charge is 0.452 e. The quantitative estimate of drug-likeness (QED) is 0.361. The molecule has 0 bridgehead atoms. The maximum atomic E-state index is 13.4. The van der Waals surface area contributed by atoms with Crippen LogP contribution in [0.25, 0.3) is 0 Å². The molecule has 2 aromatic rings. The number of halogens is 2. The Morgan fingerprint density at radius 3 is 2.53 bits per heavy atom. The van der Waals surface area contributed by atoms with E-state index in [1.165, 1.54) is 16.4 Å². The summed E-state index contributed by atoms with van der Waals surface area (Å²) in [6.07, 6.45) is 1.45. The highest BCUT2D eigenvalue weighted by atomic mass is 35.5. The number of carbonyl (C=O) groups excluding carboxylic acids is 2. The number of carbonyl (C=O) groups is 2. The second-order valence-electron chi connectivity index (χ2n) is 6.80. The van der Waals surface area contributed by atoms with Crippen LogP contribution in [0.5, 0.6) is 0 Å². The van der Waals surface area contributed by atoms with Gasteiger partial charge in [-0.2, -0.15) is 8.70 Å². The highest BCUT2D eigenvalue weighted by Crippen LogP contribution is 2.28. The van der Waals surface area contributed by atoms with E-state index in [9.17, 15) is 32.5 Å². The maximum Gasteiger partial charge on any atom is 0.338 e. The number of anilines is 1. The van der Waals surface area contributed by atoms with Crippen molar-refractivity contribution in [2.24, 2.45) is 0 Å². The molecule has 1 saturated heterocycles. The summed E-state index contributed by atoms with van der Waals surface area (Å²) in [5.41, 5.74) is -1.02. The summed E-state index contributed by atoms with van der Waals surface area (Å²) in [6.45, 7) is -0.0506. The third-order valence-electron chi connectivity index (χ3n) is 4.61. The van der Waals surface area contributed by atoms with Gasteiger partial charge in [0.1, 0.15) is 4.90 Å². The summed E-state index contributed by atoms with van der Waals surface area (Å²) < 4.78 is 45.0.